The number of fused-ring (bicyclic) bond motifs is 1. The second kappa shape index (κ2) is 7.85. The largest absolute Gasteiger partial charge is 0.349 e. The Balaban J connectivity index is 1.90. The zero-order chi connectivity index (χ0) is 18.7. The molecule has 0 radical (unpaired) electrons. The summed E-state index contributed by atoms with van der Waals surface area (Å²) in [4.78, 5) is 31.0. The highest BCUT2D eigenvalue weighted by atomic mass is 35.5. The van der Waals surface area contributed by atoms with Gasteiger partial charge in [0, 0.05) is 34.1 Å². The predicted octanol–water partition coefficient (Wildman–Crippen LogP) is 4.41. The topological polar surface area (TPSA) is 62.3 Å². The van der Waals surface area contributed by atoms with Gasteiger partial charge in [0.2, 0.25) is 0 Å². The minimum absolute atomic E-state index is 0.259. The minimum Gasteiger partial charge on any atom is -0.349 e. The van der Waals surface area contributed by atoms with Gasteiger partial charge in [-0.3, -0.25) is 9.59 Å². The normalized spacial score (nSPS) is 10.7. The van der Waals surface area contributed by atoms with Gasteiger partial charge in [-0.2, -0.15) is 4.98 Å². The summed E-state index contributed by atoms with van der Waals surface area (Å²) in [7, 11) is 0. The fourth-order valence-electron chi connectivity index (χ4n) is 2.57. The molecule has 0 aliphatic rings. The third-order valence-corrected chi connectivity index (χ3v) is 5.37. The first-order chi connectivity index (χ1) is 12.5. The maximum absolute atomic E-state index is 12.4. The van der Waals surface area contributed by atoms with Gasteiger partial charge in [-0.25, -0.2) is 0 Å². The van der Waals surface area contributed by atoms with Gasteiger partial charge >= 0.3 is 0 Å². The van der Waals surface area contributed by atoms with Crippen LogP contribution < -0.4 is 15.8 Å². The van der Waals surface area contributed by atoms with Gasteiger partial charge in [-0.05, 0) is 56.3 Å². The van der Waals surface area contributed by atoms with E-state index in [1.165, 1.54) is 11.3 Å². The molecule has 2 aromatic carbocycles. The van der Waals surface area contributed by atoms with Crippen LogP contribution in [-0.2, 0) is 0 Å². The molecule has 1 aromatic heterocycles. The van der Waals surface area contributed by atoms with Gasteiger partial charge in [0.15, 0.2) is 5.13 Å². The van der Waals surface area contributed by atoms with Gasteiger partial charge in [-0.1, -0.05) is 22.9 Å². The van der Waals surface area contributed by atoms with Crippen LogP contribution in [0.1, 0.15) is 24.2 Å². The van der Waals surface area contributed by atoms with E-state index >= 15 is 0 Å². The van der Waals surface area contributed by atoms with Crippen LogP contribution >= 0.6 is 22.9 Å². The second-order valence-electron chi connectivity index (χ2n) is 5.65. The number of hydrogen-bond acceptors (Lipinski definition) is 5. The summed E-state index contributed by atoms with van der Waals surface area (Å²) in [6, 6.07) is 11.9. The van der Waals surface area contributed by atoms with Crippen molar-refractivity contribution >= 4 is 49.7 Å². The Morgan fingerprint density at radius 3 is 2.50 bits per heavy atom. The lowest BCUT2D eigenvalue weighted by atomic mass is 10.2. The van der Waals surface area contributed by atoms with Crippen molar-refractivity contribution in [3.05, 3.63) is 63.4 Å². The van der Waals surface area contributed by atoms with Crippen molar-refractivity contribution in [3.8, 4) is 0 Å². The quantitative estimate of drug-likeness (QED) is 0.704. The second-order valence-corrected chi connectivity index (χ2v) is 7.09. The molecule has 26 heavy (non-hydrogen) atoms. The number of benzene rings is 2. The Labute approximate surface area is 160 Å². The van der Waals surface area contributed by atoms with Gasteiger partial charge in [-0.15, -0.1) is 0 Å². The van der Waals surface area contributed by atoms with Crippen molar-refractivity contribution in [1.82, 2.24) is 4.98 Å². The van der Waals surface area contributed by atoms with E-state index in [-0.39, 0.29) is 11.5 Å². The van der Waals surface area contributed by atoms with Crippen LogP contribution in [0.25, 0.3) is 10.1 Å². The number of carbonyl (C=O) groups is 1. The van der Waals surface area contributed by atoms with Crippen LogP contribution in [0.15, 0.2) is 47.3 Å². The fourth-order valence-corrected chi connectivity index (χ4v) is 3.80. The van der Waals surface area contributed by atoms with Crippen molar-refractivity contribution in [3.63, 3.8) is 0 Å². The number of rotatable bonds is 5. The average Bonchev–Trinajstić information content (AvgIpc) is 2.64. The average molecular weight is 388 g/mol. The molecule has 1 heterocycles. The zero-order valence-corrected chi connectivity index (χ0v) is 16.0. The maximum atomic E-state index is 12.4. The van der Waals surface area contributed by atoms with Crippen LogP contribution in [0.5, 0.6) is 0 Å². The first kappa shape index (κ1) is 18.4. The molecule has 5 nitrogen and oxygen atoms in total. The Bertz CT molecular complexity index is 998. The SMILES string of the molecule is CCN(CC)c1nc(=O)c2cc(NC(=O)c3ccc(Cl)cc3)ccc2s1. The summed E-state index contributed by atoms with van der Waals surface area (Å²) in [6.07, 6.45) is 0. The smallest absolute Gasteiger partial charge is 0.281 e. The van der Waals surface area contributed by atoms with E-state index in [1.807, 2.05) is 24.8 Å². The van der Waals surface area contributed by atoms with Gasteiger partial charge in [0.25, 0.3) is 11.5 Å². The first-order valence-electron chi connectivity index (χ1n) is 8.28. The lowest BCUT2D eigenvalue weighted by Gasteiger charge is -2.18. The number of nitrogens with zero attached hydrogens (tertiary/aromatic N) is 2. The monoisotopic (exact) mass is 387 g/mol. The number of amides is 1. The highest BCUT2D eigenvalue weighted by molar-refractivity contribution is 7.21. The lowest BCUT2D eigenvalue weighted by Crippen LogP contribution is -2.24. The summed E-state index contributed by atoms with van der Waals surface area (Å²) in [6.45, 7) is 5.64. The van der Waals surface area contributed by atoms with Crippen molar-refractivity contribution in [2.24, 2.45) is 0 Å². The van der Waals surface area contributed by atoms with E-state index < -0.39 is 0 Å². The Kier molecular flexibility index (Phi) is 5.54. The minimum atomic E-state index is -0.289. The molecule has 1 amide bonds. The summed E-state index contributed by atoms with van der Waals surface area (Å²) in [5.41, 5.74) is 0.761. The Morgan fingerprint density at radius 2 is 1.85 bits per heavy atom. The molecule has 0 saturated heterocycles. The predicted molar refractivity (Wildman–Crippen MR) is 109 cm³/mol. The molecule has 0 aliphatic heterocycles. The molecule has 0 bridgehead atoms. The van der Waals surface area contributed by atoms with Crippen LogP contribution in [0, 0.1) is 0 Å². The standard InChI is InChI=1S/C19H18ClN3O2S/c1-3-23(4-2)19-22-18(25)15-11-14(9-10-16(15)26-19)21-17(24)12-5-7-13(20)8-6-12/h5-11H,3-4H2,1-2H3,(H,21,24). The molecule has 0 atom stereocenters. The van der Waals surface area contributed by atoms with Crippen LogP contribution in [0.3, 0.4) is 0 Å². The molecule has 134 valence electrons. The van der Waals surface area contributed by atoms with E-state index in [2.05, 4.69) is 10.3 Å². The molecule has 1 N–H and O–H groups in total. The highest BCUT2D eigenvalue weighted by Crippen LogP contribution is 2.26. The molecule has 3 aromatic rings. The summed E-state index contributed by atoms with van der Waals surface area (Å²) >= 11 is 7.31. The van der Waals surface area contributed by atoms with Crippen LogP contribution in [-0.4, -0.2) is 24.0 Å². The van der Waals surface area contributed by atoms with Gasteiger partial charge in [0.1, 0.15) is 0 Å². The first-order valence-corrected chi connectivity index (χ1v) is 9.48. The lowest BCUT2D eigenvalue weighted by molar-refractivity contribution is 0.102. The number of anilines is 2. The summed E-state index contributed by atoms with van der Waals surface area (Å²) < 4.78 is 0.844. The third-order valence-electron chi connectivity index (χ3n) is 4.01. The maximum Gasteiger partial charge on any atom is 0.281 e. The Hall–Kier alpha value is -2.44. The summed E-state index contributed by atoms with van der Waals surface area (Å²) in [5, 5.41) is 4.58. The zero-order valence-electron chi connectivity index (χ0n) is 14.5. The van der Waals surface area contributed by atoms with Crippen molar-refractivity contribution in [2.75, 3.05) is 23.3 Å². The van der Waals surface area contributed by atoms with Crippen LogP contribution in [0.2, 0.25) is 5.02 Å². The molecule has 0 spiro atoms. The molecule has 0 aliphatic carbocycles. The van der Waals surface area contributed by atoms with E-state index in [1.54, 1.807) is 36.4 Å². The van der Waals surface area contributed by atoms with Crippen molar-refractivity contribution in [1.29, 1.82) is 0 Å². The van der Waals surface area contributed by atoms with E-state index in [9.17, 15) is 9.59 Å². The molecule has 7 heteroatoms. The van der Waals surface area contributed by atoms with E-state index in [4.69, 9.17) is 11.6 Å². The number of halogens is 1. The highest BCUT2D eigenvalue weighted by Gasteiger charge is 2.11. The number of hydrogen-bond donors (Lipinski definition) is 1. The molecular formula is C19H18ClN3O2S. The molecular weight excluding hydrogens is 370 g/mol. The number of aromatic nitrogens is 1. The van der Waals surface area contributed by atoms with Gasteiger partial charge < -0.3 is 10.2 Å². The Morgan fingerprint density at radius 1 is 1.15 bits per heavy atom. The molecule has 0 fully saturated rings. The summed E-state index contributed by atoms with van der Waals surface area (Å²) in [5.74, 6) is -0.259. The van der Waals surface area contributed by atoms with Crippen molar-refractivity contribution in [2.45, 2.75) is 13.8 Å². The number of nitrogens with one attached hydrogen (secondary N) is 1. The van der Waals surface area contributed by atoms with E-state index in [0.29, 0.717) is 26.8 Å². The van der Waals surface area contributed by atoms with Crippen molar-refractivity contribution < 1.29 is 4.79 Å². The molecule has 0 saturated carbocycles. The molecule has 3 rings (SSSR count). The van der Waals surface area contributed by atoms with E-state index in [0.717, 1.165) is 17.8 Å². The van der Waals surface area contributed by atoms with Gasteiger partial charge in [0.05, 0.1) is 5.39 Å². The number of carbonyl (C=O) groups excluding carboxylic acids is 1. The molecule has 0 unspecified atom stereocenters. The third kappa shape index (κ3) is 3.86. The van der Waals surface area contributed by atoms with Crippen LogP contribution in [0.4, 0.5) is 10.8 Å². The fraction of sp³-hybridized carbons (Fsp3) is 0.211.